The Labute approximate surface area is 174 Å². The number of piperazine rings is 1. The minimum atomic E-state index is 0.583. The molecule has 0 saturated carbocycles. The van der Waals surface area contributed by atoms with Gasteiger partial charge in [-0.3, -0.25) is 0 Å². The fraction of sp³-hybridized carbons (Fsp3) is 0.190. The predicted molar refractivity (Wildman–Crippen MR) is 120 cm³/mol. The highest BCUT2D eigenvalue weighted by Crippen LogP contribution is 2.28. The van der Waals surface area contributed by atoms with Crippen molar-refractivity contribution in [2.24, 2.45) is 0 Å². The summed E-state index contributed by atoms with van der Waals surface area (Å²) in [5.74, 6) is 0. The van der Waals surface area contributed by atoms with Gasteiger partial charge in [0.2, 0.25) is 0 Å². The van der Waals surface area contributed by atoms with Crippen LogP contribution in [0.4, 0.5) is 11.4 Å². The molecule has 1 saturated heterocycles. The molecule has 0 atom stereocenters. The first-order valence-corrected chi connectivity index (χ1v) is 10.0. The molecule has 1 fully saturated rings. The van der Waals surface area contributed by atoms with Crippen molar-refractivity contribution in [1.82, 2.24) is 4.90 Å². The van der Waals surface area contributed by atoms with Gasteiger partial charge in [0.1, 0.15) is 0 Å². The summed E-state index contributed by atoms with van der Waals surface area (Å²) in [6.07, 6.45) is 0. The van der Waals surface area contributed by atoms with Gasteiger partial charge in [0.05, 0.1) is 10.0 Å². The highest BCUT2D eigenvalue weighted by molar-refractivity contribution is 7.80. The minimum Gasteiger partial charge on any atom is -0.368 e. The van der Waals surface area contributed by atoms with E-state index in [-0.39, 0.29) is 0 Å². The van der Waals surface area contributed by atoms with E-state index in [1.807, 2.05) is 30.3 Å². The third kappa shape index (κ3) is 3.98. The fourth-order valence-electron chi connectivity index (χ4n) is 3.38. The molecule has 3 aromatic rings. The minimum absolute atomic E-state index is 0.583. The predicted octanol–water partition coefficient (Wildman–Crippen LogP) is 5.67. The van der Waals surface area contributed by atoms with Gasteiger partial charge in [0.15, 0.2) is 5.11 Å². The van der Waals surface area contributed by atoms with E-state index in [2.05, 4.69) is 45.4 Å². The maximum Gasteiger partial charge on any atom is 0.173 e. The van der Waals surface area contributed by atoms with Crippen LogP contribution in [0.5, 0.6) is 0 Å². The van der Waals surface area contributed by atoms with Gasteiger partial charge in [-0.15, -0.1) is 0 Å². The van der Waals surface area contributed by atoms with Crippen LogP contribution in [-0.4, -0.2) is 36.2 Å². The van der Waals surface area contributed by atoms with Crippen LogP contribution in [0.3, 0.4) is 0 Å². The molecule has 1 aliphatic heterocycles. The van der Waals surface area contributed by atoms with Gasteiger partial charge in [0.25, 0.3) is 0 Å². The SMILES string of the molecule is S=C(Nc1cccc2ccccc12)N1CCN(c2ccc(Cl)c(Cl)c2)CC1. The molecule has 4 rings (SSSR count). The number of rotatable bonds is 2. The topological polar surface area (TPSA) is 18.5 Å². The molecule has 0 unspecified atom stereocenters. The molecule has 0 spiro atoms. The molecule has 6 heteroatoms. The third-order valence-electron chi connectivity index (χ3n) is 4.87. The van der Waals surface area contributed by atoms with Gasteiger partial charge in [-0.2, -0.15) is 0 Å². The van der Waals surface area contributed by atoms with Crippen molar-refractivity contribution in [2.75, 3.05) is 36.4 Å². The maximum atomic E-state index is 6.15. The smallest absolute Gasteiger partial charge is 0.173 e. The average molecular weight is 416 g/mol. The Morgan fingerprint density at radius 3 is 2.37 bits per heavy atom. The summed E-state index contributed by atoms with van der Waals surface area (Å²) in [6, 6.07) is 20.3. The van der Waals surface area contributed by atoms with Crippen LogP contribution >= 0.6 is 35.4 Å². The van der Waals surface area contributed by atoms with Crippen molar-refractivity contribution < 1.29 is 0 Å². The van der Waals surface area contributed by atoms with Crippen molar-refractivity contribution in [2.45, 2.75) is 0 Å². The van der Waals surface area contributed by atoms with Gasteiger partial charge in [0, 0.05) is 42.9 Å². The quantitative estimate of drug-likeness (QED) is 0.543. The molecule has 3 nitrogen and oxygen atoms in total. The van der Waals surface area contributed by atoms with Crippen molar-refractivity contribution in [3.8, 4) is 0 Å². The molecular formula is C21H19Cl2N3S. The average Bonchev–Trinajstić information content (AvgIpc) is 2.70. The molecule has 0 aromatic heterocycles. The second kappa shape index (κ2) is 7.93. The normalized spacial score (nSPS) is 14.4. The first-order valence-electron chi connectivity index (χ1n) is 8.85. The number of fused-ring (bicyclic) bond motifs is 1. The zero-order chi connectivity index (χ0) is 18.8. The maximum absolute atomic E-state index is 6.15. The summed E-state index contributed by atoms with van der Waals surface area (Å²) in [6.45, 7) is 3.48. The lowest BCUT2D eigenvalue weighted by Crippen LogP contribution is -2.50. The molecule has 1 aliphatic rings. The molecular weight excluding hydrogens is 397 g/mol. The van der Waals surface area contributed by atoms with Crippen molar-refractivity contribution in [3.63, 3.8) is 0 Å². The summed E-state index contributed by atoms with van der Waals surface area (Å²) < 4.78 is 0. The van der Waals surface area contributed by atoms with E-state index in [1.54, 1.807) is 0 Å². The number of anilines is 2. The molecule has 1 N–H and O–H groups in total. The Balaban J connectivity index is 1.42. The largest absolute Gasteiger partial charge is 0.368 e. The number of thiocarbonyl (C=S) groups is 1. The van der Waals surface area contributed by atoms with E-state index in [9.17, 15) is 0 Å². The van der Waals surface area contributed by atoms with Crippen molar-refractivity contribution in [1.29, 1.82) is 0 Å². The van der Waals surface area contributed by atoms with Crippen LogP contribution in [0.1, 0.15) is 0 Å². The molecule has 138 valence electrons. The molecule has 0 aliphatic carbocycles. The second-order valence-electron chi connectivity index (χ2n) is 6.53. The Bertz CT molecular complexity index is 979. The van der Waals surface area contributed by atoms with Crippen molar-refractivity contribution >= 4 is 62.7 Å². The highest BCUT2D eigenvalue weighted by Gasteiger charge is 2.20. The summed E-state index contributed by atoms with van der Waals surface area (Å²) >= 11 is 17.8. The number of nitrogens with zero attached hydrogens (tertiary/aromatic N) is 2. The summed E-state index contributed by atoms with van der Waals surface area (Å²) in [5, 5.41) is 7.74. The van der Waals surface area contributed by atoms with Crippen LogP contribution in [0, 0.1) is 0 Å². The van der Waals surface area contributed by atoms with Crippen LogP contribution < -0.4 is 10.2 Å². The van der Waals surface area contributed by atoms with E-state index in [1.165, 1.54) is 10.8 Å². The Kier molecular flexibility index (Phi) is 5.39. The zero-order valence-electron chi connectivity index (χ0n) is 14.7. The van der Waals surface area contributed by atoms with E-state index in [0.717, 1.165) is 42.7 Å². The van der Waals surface area contributed by atoms with Crippen LogP contribution in [0.25, 0.3) is 10.8 Å². The van der Waals surface area contributed by atoms with E-state index in [0.29, 0.717) is 10.0 Å². The van der Waals surface area contributed by atoms with Crippen LogP contribution in [0.15, 0.2) is 60.7 Å². The fourth-order valence-corrected chi connectivity index (χ4v) is 3.96. The Hall–Kier alpha value is -2.01. The summed E-state index contributed by atoms with van der Waals surface area (Å²) in [4.78, 5) is 4.52. The van der Waals surface area contributed by atoms with Crippen molar-refractivity contribution in [3.05, 3.63) is 70.7 Å². The number of nitrogens with one attached hydrogen (secondary N) is 1. The number of hydrogen-bond acceptors (Lipinski definition) is 2. The van der Waals surface area contributed by atoms with E-state index >= 15 is 0 Å². The lowest BCUT2D eigenvalue weighted by molar-refractivity contribution is 0.391. The second-order valence-corrected chi connectivity index (χ2v) is 7.73. The van der Waals surface area contributed by atoms with Crippen LogP contribution in [-0.2, 0) is 0 Å². The van der Waals surface area contributed by atoms with E-state index in [4.69, 9.17) is 35.4 Å². The molecule has 0 radical (unpaired) electrons. The van der Waals surface area contributed by atoms with Crippen LogP contribution in [0.2, 0.25) is 10.0 Å². The zero-order valence-corrected chi connectivity index (χ0v) is 17.0. The number of benzene rings is 3. The Morgan fingerprint density at radius 2 is 1.59 bits per heavy atom. The lowest BCUT2D eigenvalue weighted by atomic mass is 10.1. The van der Waals surface area contributed by atoms with Gasteiger partial charge < -0.3 is 15.1 Å². The van der Waals surface area contributed by atoms with Gasteiger partial charge in [-0.05, 0) is 41.9 Å². The highest BCUT2D eigenvalue weighted by atomic mass is 35.5. The van der Waals surface area contributed by atoms with Gasteiger partial charge >= 0.3 is 0 Å². The first kappa shape index (κ1) is 18.4. The first-order chi connectivity index (χ1) is 13.1. The molecule has 27 heavy (non-hydrogen) atoms. The standard InChI is InChI=1S/C21H19Cl2N3S/c22-18-9-8-16(14-19(18)23)25-10-12-26(13-11-25)21(27)24-20-7-3-5-15-4-1-2-6-17(15)20/h1-9,14H,10-13H2,(H,24,27). The van der Waals surface area contributed by atoms with Gasteiger partial charge in [-0.1, -0.05) is 59.6 Å². The lowest BCUT2D eigenvalue weighted by Gasteiger charge is -2.37. The molecule has 0 bridgehead atoms. The molecule has 0 amide bonds. The number of halogens is 2. The summed E-state index contributed by atoms with van der Waals surface area (Å²) in [7, 11) is 0. The monoisotopic (exact) mass is 415 g/mol. The third-order valence-corrected chi connectivity index (χ3v) is 5.97. The molecule has 3 aromatic carbocycles. The number of hydrogen-bond donors (Lipinski definition) is 1. The summed E-state index contributed by atoms with van der Waals surface area (Å²) in [5.41, 5.74) is 2.14. The Morgan fingerprint density at radius 1 is 0.852 bits per heavy atom. The van der Waals surface area contributed by atoms with E-state index < -0.39 is 0 Å². The molecule has 1 heterocycles. The van der Waals surface area contributed by atoms with Gasteiger partial charge in [-0.25, -0.2) is 0 Å².